The van der Waals surface area contributed by atoms with Gasteiger partial charge in [0.25, 0.3) is 0 Å². The number of carbonyl (C=O) groups is 2. The van der Waals surface area contributed by atoms with Gasteiger partial charge in [-0.2, -0.15) is 0 Å². The van der Waals surface area contributed by atoms with Gasteiger partial charge in [0, 0.05) is 26.4 Å². The Kier molecular flexibility index (Phi) is 10.6. The molecule has 2 amide bonds. The van der Waals surface area contributed by atoms with Gasteiger partial charge in [-0.05, 0) is 50.9 Å². The third-order valence-corrected chi connectivity index (χ3v) is 5.72. The molecule has 3 heterocycles. The Morgan fingerprint density at radius 3 is 2.69 bits per heavy atom. The minimum atomic E-state index is -0.476. The standard InChI is InChI=1S/C19H27ClN4O3.2ClH/c1-27-13-19(6-8-21-9-7-19)18(26)24-10-2-3-14(12-24)17(25)23-16-5-4-15(20)11-22-16;;/h4-5,11,14,21H,2-3,6-10,12-13H2,1H3,(H,22,23,25);2*1H. The molecule has 2 N–H and O–H groups in total. The van der Waals surface area contributed by atoms with Gasteiger partial charge < -0.3 is 20.3 Å². The van der Waals surface area contributed by atoms with Gasteiger partial charge in [-0.25, -0.2) is 4.98 Å². The minimum Gasteiger partial charge on any atom is -0.384 e. The second-order valence-electron chi connectivity index (χ2n) is 7.40. The first-order valence-corrected chi connectivity index (χ1v) is 9.83. The number of anilines is 1. The zero-order chi connectivity index (χ0) is 19.3. The van der Waals surface area contributed by atoms with Crippen molar-refractivity contribution in [1.82, 2.24) is 15.2 Å². The van der Waals surface area contributed by atoms with Gasteiger partial charge in [0.15, 0.2) is 0 Å². The van der Waals surface area contributed by atoms with E-state index in [0.717, 1.165) is 38.8 Å². The van der Waals surface area contributed by atoms with Crippen molar-refractivity contribution < 1.29 is 14.3 Å². The number of piperidine rings is 2. The van der Waals surface area contributed by atoms with Gasteiger partial charge in [0.2, 0.25) is 11.8 Å². The average molecular weight is 468 g/mol. The Labute approximate surface area is 189 Å². The van der Waals surface area contributed by atoms with Gasteiger partial charge in [-0.1, -0.05) is 11.6 Å². The van der Waals surface area contributed by atoms with E-state index >= 15 is 0 Å². The van der Waals surface area contributed by atoms with E-state index in [-0.39, 0.29) is 42.5 Å². The predicted octanol–water partition coefficient (Wildman–Crippen LogP) is 2.77. The molecule has 164 valence electrons. The van der Waals surface area contributed by atoms with Gasteiger partial charge >= 0.3 is 0 Å². The van der Waals surface area contributed by atoms with Crippen LogP contribution < -0.4 is 10.6 Å². The second-order valence-corrected chi connectivity index (χ2v) is 7.84. The summed E-state index contributed by atoms with van der Waals surface area (Å²) in [5.41, 5.74) is -0.476. The van der Waals surface area contributed by atoms with Crippen LogP contribution in [0.25, 0.3) is 0 Å². The topological polar surface area (TPSA) is 83.6 Å². The summed E-state index contributed by atoms with van der Waals surface area (Å²) in [7, 11) is 1.64. The van der Waals surface area contributed by atoms with Crippen LogP contribution in [0.2, 0.25) is 5.02 Å². The number of nitrogens with zero attached hydrogens (tertiary/aromatic N) is 2. The molecule has 0 saturated carbocycles. The van der Waals surface area contributed by atoms with Crippen molar-refractivity contribution in [2.75, 3.05) is 45.2 Å². The number of carbonyl (C=O) groups excluding carboxylic acids is 2. The molecule has 1 atom stereocenters. The molecule has 2 aliphatic heterocycles. The minimum absolute atomic E-state index is 0. The van der Waals surface area contributed by atoms with Crippen LogP contribution in [0, 0.1) is 11.3 Å². The summed E-state index contributed by atoms with van der Waals surface area (Å²) in [5.74, 6) is 0.255. The normalized spacial score (nSPS) is 20.8. The Balaban J connectivity index is 0.00000210. The SMILES string of the molecule is COCC1(C(=O)N2CCCC(C(=O)Nc3ccc(Cl)cn3)C2)CCNCC1.Cl.Cl. The van der Waals surface area contributed by atoms with Gasteiger partial charge in [0.1, 0.15) is 5.82 Å². The molecule has 2 fully saturated rings. The zero-order valence-corrected chi connectivity index (χ0v) is 18.9. The lowest BCUT2D eigenvalue weighted by Crippen LogP contribution is -2.54. The van der Waals surface area contributed by atoms with Crippen LogP contribution in [0.15, 0.2) is 18.3 Å². The number of nitrogens with one attached hydrogen (secondary N) is 2. The Morgan fingerprint density at radius 1 is 1.34 bits per heavy atom. The molecule has 0 aromatic carbocycles. The Bertz CT molecular complexity index is 664. The lowest BCUT2D eigenvalue weighted by Gasteiger charge is -2.42. The van der Waals surface area contributed by atoms with E-state index in [0.29, 0.717) is 30.5 Å². The first-order valence-electron chi connectivity index (χ1n) is 9.45. The fraction of sp³-hybridized carbons (Fsp3) is 0.632. The predicted molar refractivity (Wildman–Crippen MR) is 118 cm³/mol. The largest absolute Gasteiger partial charge is 0.384 e. The van der Waals surface area contributed by atoms with Crippen molar-refractivity contribution >= 4 is 54.0 Å². The van der Waals surface area contributed by atoms with Crippen molar-refractivity contribution in [1.29, 1.82) is 0 Å². The van der Waals surface area contributed by atoms with Crippen molar-refractivity contribution in [3.8, 4) is 0 Å². The summed E-state index contributed by atoms with van der Waals surface area (Å²) in [5, 5.41) is 6.66. The summed E-state index contributed by atoms with van der Waals surface area (Å²) in [4.78, 5) is 31.9. The number of ether oxygens (including phenoxy) is 1. The third kappa shape index (κ3) is 6.43. The molecular weight excluding hydrogens is 439 g/mol. The first-order chi connectivity index (χ1) is 13.0. The van der Waals surface area contributed by atoms with E-state index in [2.05, 4.69) is 15.6 Å². The van der Waals surface area contributed by atoms with E-state index in [9.17, 15) is 9.59 Å². The number of pyridine rings is 1. The van der Waals surface area contributed by atoms with E-state index < -0.39 is 5.41 Å². The Hall–Kier alpha value is -1.12. The smallest absolute Gasteiger partial charge is 0.231 e. The molecule has 7 nitrogen and oxygen atoms in total. The molecule has 1 unspecified atom stereocenters. The number of rotatable bonds is 5. The monoisotopic (exact) mass is 466 g/mol. The fourth-order valence-corrected chi connectivity index (χ4v) is 4.10. The summed E-state index contributed by atoms with van der Waals surface area (Å²) >= 11 is 5.83. The van der Waals surface area contributed by atoms with Crippen molar-refractivity contribution in [2.45, 2.75) is 25.7 Å². The number of halogens is 3. The molecule has 1 aromatic heterocycles. The van der Waals surface area contributed by atoms with E-state index in [1.807, 2.05) is 4.90 Å². The highest BCUT2D eigenvalue weighted by molar-refractivity contribution is 6.30. The highest BCUT2D eigenvalue weighted by Gasteiger charge is 2.43. The number of aromatic nitrogens is 1. The number of methoxy groups -OCH3 is 1. The van der Waals surface area contributed by atoms with Crippen LogP contribution in [-0.2, 0) is 14.3 Å². The summed E-state index contributed by atoms with van der Waals surface area (Å²) in [6.07, 6.45) is 4.62. The van der Waals surface area contributed by atoms with Gasteiger partial charge in [-0.3, -0.25) is 9.59 Å². The number of hydrogen-bond acceptors (Lipinski definition) is 5. The third-order valence-electron chi connectivity index (χ3n) is 5.49. The Morgan fingerprint density at radius 2 is 2.07 bits per heavy atom. The molecule has 0 aliphatic carbocycles. The summed E-state index contributed by atoms with van der Waals surface area (Å²) in [6.45, 7) is 3.19. The highest BCUT2D eigenvalue weighted by atomic mass is 35.5. The number of likely N-dealkylation sites (tertiary alicyclic amines) is 1. The van der Waals surface area contributed by atoms with Crippen LogP contribution in [-0.4, -0.2) is 61.6 Å². The molecule has 2 saturated heterocycles. The number of amides is 2. The average Bonchev–Trinajstić information content (AvgIpc) is 2.70. The molecule has 29 heavy (non-hydrogen) atoms. The summed E-state index contributed by atoms with van der Waals surface area (Å²) in [6, 6.07) is 3.36. The van der Waals surface area contributed by atoms with Crippen LogP contribution in [0.3, 0.4) is 0 Å². The van der Waals surface area contributed by atoms with Crippen molar-refractivity contribution in [2.24, 2.45) is 11.3 Å². The van der Waals surface area contributed by atoms with Gasteiger partial charge in [0.05, 0.1) is 23.0 Å². The highest BCUT2D eigenvalue weighted by Crippen LogP contribution is 2.33. The maximum Gasteiger partial charge on any atom is 0.231 e. The molecule has 10 heteroatoms. The van der Waals surface area contributed by atoms with Crippen LogP contribution in [0.5, 0.6) is 0 Å². The van der Waals surface area contributed by atoms with Crippen molar-refractivity contribution in [3.63, 3.8) is 0 Å². The zero-order valence-electron chi connectivity index (χ0n) is 16.5. The quantitative estimate of drug-likeness (QED) is 0.696. The lowest BCUT2D eigenvalue weighted by atomic mass is 9.77. The maximum atomic E-state index is 13.3. The van der Waals surface area contributed by atoms with Crippen LogP contribution in [0.4, 0.5) is 5.82 Å². The number of hydrogen-bond donors (Lipinski definition) is 2. The second kappa shape index (κ2) is 11.9. The fourth-order valence-electron chi connectivity index (χ4n) is 3.99. The van der Waals surface area contributed by atoms with Crippen molar-refractivity contribution in [3.05, 3.63) is 23.4 Å². The first kappa shape index (κ1) is 25.9. The molecule has 0 spiro atoms. The van der Waals surface area contributed by atoms with E-state index in [4.69, 9.17) is 16.3 Å². The van der Waals surface area contributed by atoms with E-state index in [1.54, 1.807) is 19.2 Å². The van der Waals surface area contributed by atoms with E-state index in [1.165, 1.54) is 6.20 Å². The molecule has 0 radical (unpaired) electrons. The molecule has 0 bridgehead atoms. The maximum absolute atomic E-state index is 13.3. The van der Waals surface area contributed by atoms with Crippen LogP contribution >= 0.6 is 36.4 Å². The molecular formula is C19H29Cl3N4O3. The summed E-state index contributed by atoms with van der Waals surface area (Å²) < 4.78 is 5.39. The molecule has 2 aliphatic rings. The lowest BCUT2D eigenvalue weighted by molar-refractivity contribution is -0.150. The molecule has 1 aromatic rings. The van der Waals surface area contributed by atoms with Crippen LogP contribution in [0.1, 0.15) is 25.7 Å². The van der Waals surface area contributed by atoms with Gasteiger partial charge in [-0.15, -0.1) is 24.8 Å². The molecule has 3 rings (SSSR count).